The fraction of sp³-hybridized carbons (Fsp3) is 0.208. The van der Waals surface area contributed by atoms with Crippen LogP contribution in [0.25, 0.3) is 22.0 Å². The van der Waals surface area contributed by atoms with Crippen LogP contribution in [0.15, 0.2) is 72.9 Å². The van der Waals surface area contributed by atoms with Crippen molar-refractivity contribution < 1.29 is 9.84 Å². The van der Waals surface area contributed by atoms with Crippen molar-refractivity contribution in [1.82, 2.24) is 15.1 Å². The monoisotopic (exact) mass is 387 g/mol. The van der Waals surface area contributed by atoms with Crippen molar-refractivity contribution >= 4 is 10.8 Å². The van der Waals surface area contributed by atoms with Gasteiger partial charge in [-0.05, 0) is 41.6 Å². The molecule has 0 unspecified atom stereocenters. The van der Waals surface area contributed by atoms with Crippen molar-refractivity contribution in [3.8, 4) is 17.0 Å². The standard InChI is InChI=1S/C24H25N3O2/c1-27(16-23(28)17-6-4-3-5-7-17)15-21-14-25-26-24(21)20-9-8-19-13-22(29-2)11-10-18(19)12-20/h3-14,23,28H,15-16H2,1-2H3,(H,25,26)/t23-/m1/s1. The fourth-order valence-corrected chi connectivity index (χ4v) is 3.62. The Balaban J connectivity index is 1.51. The third kappa shape index (κ3) is 4.31. The first kappa shape index (κ1) is 19.2. The molecule has 29 heavy (non-hydrogen) atoms. The van der Waals surface area contributed by atoms with Crippen LogP contribution in [-0.2, 0) is 6.54 Å². The lowest BCUT2D eigenvalue weighted by molar-refractivity contribution is 0.124. The number of aliphatic hydroxyl groups excluding tert-OH is 1. The van der Waals surface area contributed by atoms with E-state index in [1.807, 2.05) is 55.7 Å². The normalized spacial score (nSPS) is 12.4. The maximum absolute atomic E-state index is 10.5. The maximum Gasteiger partial charge on any atom is 0.119 e. The van der Waals surface area contributed by atoms with Crippen molar-refractivity contribution in [2.45, 2.75) is 12.6 Å². The van der Waals surface area contributed by atoms with Crippen LogP contribution in [0.2, 0.25) is 0 Å². The van der Waals surface area contributed by atoms with Crippen molar-refractivity contribution in [2.24, 2.45) is 0 Å². The number of nitrogens with one attached hydrogen (secondary N) is 1. The molecule has 0 fully saturated rings. The number of likely N-dealkylation sites (N-methyl/N-ethyl adjacent to an activating group) is 1. The minimum atomic E-state index is -0.521. The number of benzene rings is 3. The lowest BCUT2D eigenvalue weighted by Gasteiger charge is -2.21. The highest BCUT2D eigenvalue weighted by Gasteiger charge is 2.14. The van der Waals surface area contributed by atoms with Crippen LogP contribution in [0.1, 0.15) is 17.2 Å². The molecule has 5 heteroatoms. The molecule has 0 aliphatic rings. The van der Waals surface area contributed by atoms with Gasteiger partial charge in [0, 0.05) is 24.2 Å². The summed E-state index contributed by atoms with van der Waals surface area (Å²) >= 11 is 0. The number of aromatic nitrogens is 2. The second-order valence-electron chi connectivity index (χ2n) is 7.32. The predicted octanol–water partition coefficient (Wildman–Crippen LogP) is 4.40. The highest BCUT2D eigenvalue weighted by Crippen LogP contribution is 2.28. The van der Waals surface area contributed by atoms with Crippen LogP contribution in [-0.4, -0.2) is 40.9 Å². The molecule has 0 saturated carbocycles. The Morgan fingerprint density at radius 2 is 1.79 bits per heavy atom. The molecule has 0 radical (unpaired) electrons. The summed E-state index contributed by atoms with van der Waals surface area (Å²) in [4.78, 5) is 2.11. The predicted molar refractivity (Wildman–Crippen MR) is 116 cm³/mol. The topological polar surface area (TPSA) is 61.4 Å². The van der Waals surface area contributed by atoms with Crippen molar-refractivity contribution in [3.63, 3.8) is 0 Å². The van der Waals surface area contributed by atoms with Crippen LogP contribution < -0.4 is 4.74 Å². The molecule has 5 nitrogen and oxygen atoms in total. The van der Waals surface area contributed by atoms with E-state index in [0.29, 0.717) is 13.1 Å². The Hall–Kier alpha value is -3.15. The van der Waals surface area contributed by atoms with E-state index in [9.17, 15) is 5.11 Å². The zero-order valence-electron chi connectivity index (χ0n) is 16.7. The summed E-state index contributed by atoms with van der Waals surface area (Å²) in [5.74, 6) is 0.853. The summed E-state index contributed by atoms with van der Waals surface area (Å²) in [7, 11) is 3.69. The average Bonchev–Trinajstić information content (AvgIpc) is 3.21. The summed E-state index contributed by atoms with van der Waals surface area (Å²) < 4.78 is 5.31. The largest absolute Gasteiger partial charge is 0.497 e. The highest BCUT2D eigenvalue weighted by molar-refractivity contribution is 5.88. The first-order valence-corrected chi connectivity index (χ1v) is 9.66. The molecule has 2 N–H and O–H groups in total. The van der Waals surface area contributed by atoms with Crippen LogP contribution >= 0.6 is 0 Å². The molecule has 3 aromatic carbocycles. The maximum atomic E-state index is 10.5. The molecule has 0 aliphatic heterocycles. The number of fused-ring (bicyclic) bond motifs is 1. The molecular formula is C24H25N3O2. The van der Waals surface area contributed by atoms with E-state index in [0.717, 1.165) is 38.9 Å². The smallest absolute Gasteiger partial charge is 0.119 e. The molecule has 148 valence electrons. The quantitative estimate of drug-likeness (QED) is 0.493. The van der Waals surface area contributed by atoms with Gasteiger partial charge in [0.1, 0.15) is 5.75 Å². The Morgan fingerprint density at radius 3 is 2.59 bits per heavy atom. The first-order chi connectivity index (χ1) is 14.1. The molecule has 0 saturated heterocycles. The summed E-state index contributed by atoms with van der Waals surface area (Å²) in [5.41, 5.74) is 4.12. The molecule has 1 atom stereocenters. The minimum absolute atomic E-state index is 0.521. The molecule has 1 heterocycles. The number of aromatic amines is 1. The van der Waals surface area contributed by atoms with Gasteiger partial charge in [0.05, 0.1) is 25.1 Å². The highest BCUT2D eigenvalue weighted by atomic mass is 16.5. The number of hydrogen-bond donors (Lipinski definition) is 2. The Labute approximate surface area is 170 Å². The van der Waals surface area contributed by atoms with Crippen LogP contribution in [0, 0.1) is 0 Å². The number of hydrogen-bond acceptors (Lipinski definition) is 4. The second-order valence-corrected chi connectivity index (χ2v) is 7.32. The van der Waals surface area contributed by atoms with E-state index in [4.69, 9.17) is 4.74 Å². The number of nitrogens with zero attached hydrogens (tertiary/aromatic N) is 2. The molecule has 1 aromatic heterocycles. The number of methoxy groups -OCH3 is 1. The number of aliphatic hydroxyl groups is 1. The minimum Gasteiger partial charge on any atom is -0.497 e. The van der Waals surface area contributed by atoms with Crippen LogP contribution in [0.3, 0.4) is 0 Å². The Bertz CT molecular complexity index is 1090. The van der Waals surface area contributed by atoms with Gasteiger partial charge in [0.2, 0.25) is 0 Å². The summed E-state index contributed by atoms with van der Waals surface area (Å²) in [6.07, 6.45) is 1.34. The van der Waals surface area contributed by atoms with Crippen molar-refractivity contribution in [1.29, 1.82) is 0 Å². The van der Waals surface area contributed by atoms with E-state index >= 15 is 0 Å². The molecular weight excluding hydrogens is 362 g/mol. The van der Waals surface area contributed by atoms with E-state index in [1.54, 1.807) is 7.11 Å². The van der Waals surface area contributed by atoms with Crippen molar-refractivity contribution in [3.05, 3.63) is 84.1 Å². The van der Waals surface area contributed by atoms with Crippen molar-refractivity contribution in [2.75, 3.05) is 20.7 Å². The number of rotatable bonds is 7. The summed E-state index contributed by atoms with van der Waals surface area (Å²) in [6.45, 7) is 1.24. The number of ether oxygens (including phenoxy) is 1. The SMILES string of the molecule is COc1ccc2cc(-c3[nH]ncc3CN(C)C[C@@H](O)c3ccccc3)ccc2c1. The van der Waals surface area contributed by atoms with Gasteiger partial charge < -0.3 is 9.84 Å². The Kier molecular flexibility index (Phi) is 5.60. The lowest BCUT2D eigenvalue weighted by atomic mass is 10.0. The molecule has 4 aromatic rings. The molecule has 4 rings (SSSR count). The third-order valence-electron chi connectivity index (χ3n) is 5.16. The van der Waals surface area contributed by atoms with Gasteiger partial charge in [-0.2, -0.15) is 5.10 Å². The van der Waals surface area contributed by atoms with E-state index in [2.05, 4.69) is 39.4 Å². The van der Waals surface area contributed by atoms with Gasteiger partial charge in [-0.3, -0.25) is 10.00 Å². The molecule has 0 spiro atoms. The average molecular weight is 387 g/mol. The van der Waals surface area contributed by atoms with E-state index in [1.165, 1.54) is 0 Å². The Morgan fingerprint density at radius 1 is 1.03 bits per heavy atom. The number of H-pyrrole nitrogens is 1. The van der Waals surface area contributed by atoms with E-state index in [-0.39, 0.29) is 0 Å². The zero-order chi connectivity index (χ0) is 20.2. The van der Waals surface area contributed by atoms with Gasteiger partial charge in [0.15, 0.2) is 0 Å². The molecule has 0 aliphatic carbocycles. The summed E-state index contributed by atoms with van der Waals surface area (Å²) in [5, 5.41) is 20.2. The van der Waals surface area contributed by atoms with Gasteiger partial charge in [-0.15, -0.1) is 0 Å². The molecule has 0 bridgehead atoms. The van der Waals surface area contributed by atoms with Gasteiger partial charge in [-0.25, -0.2) is 0 Å². The lowest BCUT2D eigenvalue weighted by Crippen LogP contribution is -2.24. The molecule has 0 amide bonds. The van der Waals surface area contributed by atoms with E-state index < -0.39 is 6.10 Å². The summed E-state index contributed by atoms with van der Waals surface area (Å²) in [6, 6.07) is 22.2. The second kappa shape index (κ2) is 8.47. The third-order valence-corrected chi connectivity index (χ3v) is 5.16. The van der Waals surface area contributed by atoms with Crippen LogP contribution in [0.5, 0.6) is 5.75 Å². The van der Waals surface area contributed by atoms with Gasteiger partial charge in [0.25, 0.3) is 0 Å². The fourth-order valence-electron chi connectivity index (χ4n) is 3.62. The zero-order valence-corrected chi connectivity index (χ0v) is 16.7. The van der Waals surface area contributed by atoms with Gasteiger partial charge in [-0.1, -0.05) is 48.5 Å². The van der Waals surface area contributed by atoms with Crippen LogP contribution in [0.4, 0.5) is 0 Å². The first-order valence-electron chi connectivity index (χ1n) is 9.66. The van der Waals surface area contributed by atoms with Gasteiger partial charge >= 0.3 is 0 Å².